The molecule has 4 N–H and O–H groups in total. The number of hydrogen-bond donors (Lipinski definition) is 3. The quantitative estimate of drug-likeness (QED) is 0.367. The van der Waals surface area contributed by atoms with Crippen LogP contribution in [0.15, 0.2) is 66.0 Å². The first kappa shape index (κ1) is 21.0. The highest BCUT2D eigenvalue weighted by Crippen LogP contribution is 2.23. The summed E-state index contributed by atoms with van der Waals surface area (Å²) in [6.07, 6.45) is 8.14. The number of rotatable bonds is 8. The second kappa shape index (κ2) is 9.25. The van der Waals surface area contributed by atoms with Crippen LogP contribution < -0.4 is 21.9 Å². The first-order valence-electron chi connectivity index (χ1n) is 10.2. The molecule has 0 aliphatic rings. The number of nitrogens with one attached hydrogen (secondary N) is 2. The maximum atomic E-state index is 12.8. The molecule has 0 aliphatic heterocycles. The lowest BCUT2D eigenvalue weighted by Gasteiger charge is -2.13. The second-order valence-electron chi connectivity index (χ2n) is 7.36. The number of fused-ring (bicyclic) bond motifs is 1. The largest absolute Gasteiger partial charge is 0.369 e. The van der Waals surface area contributed by atoms with E-state index in [0.717, 1.165) is 23.8 Å². The summed E-state index contributed by atoms with van der Waals surface area (Å²) in [5.41, 5.74) is 6.76. The van der Waals surface area contributed by atoms with Crippen LogP contribution in [-0.4, -0.2) is 32.0 Å². The Kier molecular flexibility index (Phi) is 6.07. The minimum Gasteiger partial charge on any atom is -0.369 e. The van der Waals surface area contributed by atoms with E-state index >= 15 is 0 Å². The maximum Gasteiger partial charge on any atom is 0.261 e. The van der Waals surface area contributed by atoms with Crippen molar-refractivity contribution in [3.8, 4) is 0 Å². The number of primary amides is 1. The van der Waals surface area contributed by atoms with Gasteiger partial charge < -0.3 is 20.9 Å². The van der Waals surface area contributed by atoms with Crippen LogP contribution >= 0.6 is 0 Å². The van der Waals surface area contributed by atoms with Gasteiger partial charge in [-0.1, -0.05) is 12.1 Å². The van der Waals surface area contributed by atoms with Crippen molar-refractivity contribution >= 4 is 34.1 Å². The zero-order valence-electron chi connectivity index (χ0n) is 17.6. The molecule has 0 fully saturated rings. The molecule has 3 heterocycles. The van der Waals surface area contributed by atoms with Gasteiger partial charge in [-0.15, -0.1) is 0 Å². The van der Waals surface area contributed by atoms with E-state index < -0.39 is 5.91 Å². The van der Waals surface area contributed by atoms with Crippen molar-refractivity contribution in [1.29, 1.82) is 0 Å². The van der Waals surface area contributed by atoms with Crippen LogP contribution in [0.25, 0.3) is 10.8 Å². The lowest BCUT2D eigenvalue weighted by atomic mass is 10.1. The fourth-order valence-electron chi connectivity index (χ4n) is 3.38. The summed E-state index contributed by atoms with van der Waals surface area (Å²) in [7, 11) is 1.72. The predicted octanol–water partition coefficient (Wildman–Crippen LogP) is 2.61. The summed E-state index contributed by atoms with van der Waals surface area (Å²) in [4.78, 5) is 36.8. The van der Waals surface area contributed by atoms with Crippen LogP contribution in [0.4, 0.5) is 17.5 Å². The topological polar surface area (TPSA) is 128 Å². The number of anilines is 3. The molecule has 0 spiro atoms. The first-order valence-corrected chi connectivity index (χ1v) is 10.2. The SMILES string of the molecule is Cn1ccc2cc(Nc3cnccn3)nc(NCCCc3ccc(C(N)=O)cc3)c2c1=O. The molecule has 0 unspecified atom stereocenters. The molecule has 162 valence electrons. The summed E-state index contributed by atoms with van der Waals surface area (Å²) in [5.74, 6) is 1.20. The molecule has 0 aliphatic carbocycles. The Morgan fingerprint density at radius 3 is 2.66 bits per heavy atom. The third kappa shape index (κ3) is 4.72. The lowest BCUT2D eigenvalue weighted by Crippen LogP contribution is -2.18. The fourth-order valence-corrected chi connectivity index (χ4v) is 3.38. The highest BCUT2D eigenvalue weighted by molar-refractivity contribution is 5.93. The molecule has 4 aromatic rings. The molecule has 0 saturated carbocycles. The van der Waals surface area contributed by atoms with Gasteiger partial charge >= 0.3 is 0 Å². The monoisotopic (exact) mass is 429 g/mol. The second-order valence-corrected chi connectivity index (χ2v) is 7.36. The smallest absolute Gasteiger partial charge is 0.261 e. The van der Waals surface area contributed by atoms with Gasteiger partial charge in [0.2, 0.25) is 5.91 Å². The Bertz CT molecular complexity index is 1300. The van der Waals surface area contributed by atoms with Gasteiger partial charge in [-0.05, 0) is 48.1 Å². The third-order valence-corrected chi connectivity index (χ3v) is 5.05. The number of benzene rings is 1. The molecule has 1 aromatic carbocycles. The number of pyridine rings is 2. The summed E-state index contributed by atoms with van der Waals surface area (Å²) < 4.78 is 1.53. The number of nitrogens with two attached hydrogens (primary N) is 1. The van der Waals surface area contributed by atoms with Gasteiger partial charge in [-0.3, -0.25) is 14.6 Å². The van der Waals surface area contributed by atoms with Crippen molar-refractivity contribution in [2.75, 3.05) is 17.2 Å². The highest BCUT2D eigenvalue weighted by Gasteiger charge is 2.11. The molecule has 0 saturated heterocycles. The molecular formula is C23H23N7O2. The van der Waals surface area contributed by atoms with E-state index in [1.54, 1.807) is 44.0 Å². The Hall–Kier alpha value is -4.27. The number of carbonyl (C=O) groups is 1. The number of carbonyl (C=O) groups excluding carboxylic acids is 1. The summed E-state index contributed by atoms with van der Waals surface area (Å²) in [6.45, 7) is 0.617. The van der Waals surface area contributed by atoms with Crippen LogP contribution in [0.5, 0.6) is 0 Å². The molecule has 3 aromatic heterocycles. The molecule has 4 rings (SSSR count). The van der Waals surface area contributed by atoms with Crippen LogP contribution in [0.3, 0.4) is 0 Å². The number of amides is 1. The van der Waals surface area contributed by atoms with Gasteiger partial charge in [-0.2, -0.15) is 0 Å². The van der Waals surface area contributed by atoms with Crippen LogP contribution in [0.2, 0.25) is 0 Å². The molecule has 0 radical (unpaired) electrons. The van der Waals surface area contributed by atoms with Crippen molar-refractivity contribution in [2.45, 2.75) is 12.8 Å². The minimum absolute atomic E-state index is 0.120. The van der Waals surface area contributed by atoms with E-state index in [4.69, 9.17) is 5.73 Å². The summed E-state index contributed by atoms with van der Waals surface area (Å²) >= 11 is 0. The van der Waals surface area contributed by atoms with Crippen LogP contribution in [0.1, 0.15) is 22.3 Å². The van der Waals surface area contributed by atoms with Gasteiger partial charge in [0.1, 0.15) is 17.5 Å². The van der Waals surface area contributed by atoms with Crippen molar-refractivity contribution < 1.29 is 4.79 Å². The van der Waals surface area contributed by atoms with E-state index in [0.29, 0.717) is 34.9 Å². The van der Waals surface area contributed by atoms with Crippen molar-refractivity contribution in [1.82, 2.24) is 19.5 Å². The Balaban J connectivity index is 1.52. The molecule has 1 amide bonds. The van der Waals surface area contributed by atoms with E-state index in [9.17, 15) is 9.59 Å². The third-order valence-electron chi connectivity index (χ3n) is 5.05. The summed E-state index contributed by atoms with van der Waals surface area (Å²) in [5, 5.41) is 7.75. The number of aromatic nitrogens is 4. The van der Waals surface area contributed by atoms with Crippen molar-refractivity contribution in [2.24, 2.45) is 12.8 Å². The first-order chi connectivity index (χ1) is 15.5. The zero-order valence-corrected chi connectivity index (χ0v) is 17.6. The predicted molar refractivity (Wildman–Crippen MR) is 124 cm³/mol. The highest BCUT2D eigenvalue weighted by atomic mass is 16.1. The maximum absolute atomic E-state index is 12.8. The minimum atomic E-state index is -0.437. The van der Waals surface area contributed by atoms with E-state index in [1.165, 1.54) is 4.57 Å². The van der Waals surface area contributed by atoms with Gasteiger partial charge in [0, 0.05) is 37.7 Å². The Morgan fingerprint density at radius 2 is 1.94 bits per heavy atom. The zero-order chi connectivity index (χ0) is 22.5. The summed E-state index contributed by atoms with van der Waals surface area (Å²) in [6, 6.07) is 10.9. The van der Waals surface area contributed by atoms with Gasteiger partial charge in [0.15, 0.2) is 0 Å². The van der Waals surface area contributed by atoms with E-state index in [-0.39, 0.29) is 5.56 Å². The van der Waals surface area contributed by atoms with E-state index in [1.807, 2.05) is 24.3 Å². The van der Waals surface area contributed by atoms with Crippen LogP contribution in [0, 0.1) is 0 Å². The molecule has 0 bridgehead atoms. The average molecular weight is 429 g/mol. The van der Waals surface area contributed by atoms with Crippen LogP contribution in [-0.2, 0) is 13.5 Å². The average Bonchev–Trinajstić information content (AvgIpc) is 2.80. The number of hydrogen-bond acceptors (Lipinski definition) is 7. The van der Waals surface area contributed by atoms with Crippen molar-refractivity contribution in [3.05, 3.63) is 82.7 Å². The van der Waals surface area contributed by atoms with Gasteiger partial charge in [-0.25, -0.2) is 9.97 Å². The fraction of sp³-hybridized carbons (Fsp3) is 0.174. The molecule has 32 heavy (non-hydrogen) atoms. The normalized spacial score (nSPS) is 10.8. The Morgan fingerprint density at radius 1 is 1.12 bits per heavy atom. The molecule has 9 heteroatoms. The lowest BCUT2D eigenvalue weighted by molar-refractivity contribution is 0.100. The van der Waals surface area contributed by atoms with E-state index in [2.05, 4.69) is 25.6 Å². The van der Waals surface area contributed by atoms with Gasteiger partial charge in [0.05, 0.1) is 11.6 Å². The Labute approximate surface area is 184 Å². The molecule has 9 nitrogen and oxygen atoms in total. The molecule has 0 atom stereocenters. The number of aryl methyl sites for hydroxylation is 2. The molecular weight excluding hydrogens is 406 g/mol. The standard InChI is InChI=1S/C23H23N7O2/c1-30-12-8-17-13-18(28-19-14-25-10-11-26-19)29-22(20(17)23(30)32)27-9-2-3-15-4-6-16(7-5-15)21(24)31/h4-8,10-14H,2-3,9H2,1H3,(H2,24,31)(H2,26,27,28,29). The van der Waals surface area contributed by atoms with Crippen molar-refractivity contribution in [3.63, 3.8) is 0 Å². The van der Waals surface area contributed by atoms with Gasteiger partial charge in [0.25, 0.3) is 5.56 Å². The number of nitrogens with zero attached hydrogens (tertiary/aromatic N) is 4.